The van der Waals surface area contributed by atoms with Crippen molar-refractivity contribution >= 4 is 34.9 Å². The van der Waals surface area contributed by atoms with Gasteiger partial charge in [-0.15, -0.1) is 23.1 Å². The maximum atomic E-state index is 12.7. The average Bonchev–Trinajstić information content (AvgIpc) is 3.27. The van der Waals surface area contributed by atoms with E-state index in [4.69, 9.17) is 0 Å². The third-order valence-electron chi connectivity index (χ3n) is 5.78. The van der Waals surface area contributed by atoms with Crippen LogP contribution >= 0.6 is 23.1 Å². The lowest BCUT2D eigenvalue weighted by molar-refractivity contribution is -0.138. The lowest BCUT2D eigenvalue weighted by Crippen LogP contribution is -2.52. The fourth-order valence-electron chi connectivity index (χ4n) is 4.16. The van der Waals surface area contributed by atoms with Crippen LogP contribution in [0.4, 0.5) is 0 Å². The van der Waals surface area contributed by atoms with Crippen LogP contribution < -0.4 is 5.32 Å². The van der Waals surface area contributed by atoms with Gasteiger partial charge in [-0.3, -0.25) is 14.5 Å². The number of carbonyl (C=O) groups excluding carboxylic acids is 2. The zero-order valence-corrected chi connectivity index (χ0v) is 16.4. The van der Waals surface area contributed by atoms with Crippen molar-refractivity contribution in [3.63, 3.8) is 0 Å². The molecule has 1 aromatic heterocycles. The second kappa shape index (κ2) is 6.59. The molecule has 25 heavy (non-hydrogen) atoms. The highest BCUT2D eigenvalue weighted by atomic mass is 32.2. The van der Waals surface area contributed by atoms with E-state index in [1.807, 2.05) is 16.2 Å². The van der Waals surface area contributed by atoms with Gasteiger partial charge in [0, 0.05) is 42.7 Å². The average molecular weight is 380 g/mol. The van der Waals surface area contributed by atoms with E-state index in [0.717, 1.165) is 25.9 Å². The van der Waals surface area contributed by atoms with Crippen molar-refractivity contribution in [1.29, 1.82) is 0 Å². The first kappa shape index (κ1) is 17.4. The molecule has 2 amide bonds. The van der Waals surface area contributed by atoms with Crippen LogP contribution in [0.5, 0.6) is 0 Å². The Balaban J connectivity index is 1.33. The van der Waals surface area contributed by atoms with Gasteiger partial charge in [0.2, 0.25) is 11.8 Å². The number of fused-ring (bicyclic) bond motifs is 2. The number of carbonyl (C=O) groups is 2. The van der Waals surface area contributed by atoms with Crippen molar-refractivity contribution < 1.29 is 9.59 Å². The van der Waals surface area contributed by atoms with E-state index in [0.29, 0.717) is 24.8 Å². The van der Waals surface area contributed by atoms with Crippen molar-refractivity contribution in [3.8, 4) is 0 Å². The second-order valence-corrected chi connectivity index (χ2v) is 9.95. The zero-order chi connectivity index (χ0) is 17.6. The highest BCUT2D eigenvalue weighted by Gasteiger charge is 2.52. The van der Waals surface area contributed by atoms with Gasteiger partial charge in [0.1, 0.15) is 6.04 Å². The summed E-state index contributed by atoms with van der Waals surface area (Å²) in [5.74, 6) is 0.845. The molecule has 2 fully saturated rings. The summed E-state index contributed by atoms with van der Waals surface area (Å²) in [7, 11) is 0. The van der Waals surface area contributed by atoms with Crippen LogP contribution in [-0.4, -0.2) is 57.4 Å². The van der Waals surface area contributed by atoms with Gasteiger partial charge in [-0.1, -0.05) is 0 Å². The van der Waals surface area contributed by atoms with Gasteiger partial charge in [-0.25, -0.2) is 0 Å². The summed E-state index contributed by atoms with van der Waals surface area (Å²) in [5.41, 5.74) is 1.43. The van der Waals surface area contributed by atoms with Crippen molar-refractivity contribution in [2.24, 2.45) is 0 Å². The molecule has 3 atom stereocenters. The topological polar surface area (TPSA) is 52.7 Å². The number of rotatable bonds is 4. The molecule has 3 aliphatic heterocycles. The number of nitrogens with zero attached hydrogens (tertiary/aromatic N) is 2. The number of nitrogens with one attached hydrogen (secondary N) is 1. The number of hydrogen-bond donors (Lipinski definition) is 1. The molecule has 4 heterocycles. The first-order valence-corrected chi connectivity index (χ1v) is 10.9. The molecule has 0 aliphatic carbocycles. The zero-order valence-electron chi connectivity index (χ0n) is 14.8. The van der Waals surface area contributed by atoms with Crippen LogP contribution in [0.2, 0.25) is 0 Å². The van der Waals surface area contributed by atoms with E-state index in [-0.39, 0.29) is 22.7 Å². The summed E-state index contributed by atoms with van der Waals surface area (Å²) in [5, 5.41) is 5.27. The fraction of sp³-hybridized carbons (Fsp3) is 0.667. The molecule has 2 saturated heterocycles. The number of thioether (sulfide) groups is 1. The first-order valence-electron chi connectivity index (χ1n) is 9.01. The minimum absolute atomic E-state index is 0.00607. The van der Waals surface area contributed by atoms with Crippen LogP contribution in [-0.2, 0) is 22.6 Å². The van der Waals surface area contributed by atoms with Crippen molar-refractivity contribution in [2.45, 2.75) is 56.6 Å². The Bertz CT molecular complexity index is 692. The summed E-state index contributed by atoms with van der Waals surface area (Å²) in [6, 6.07) is 2.21. The molecule has 0 spiro atoms. The van der Waals surface area contributed by atoms with Crippen molar-refractivity contribution in [1.82, 2.24) is 15.1 Å². The Labute approximate surface area is 157 Å². The van der Waals surface area contributed by atoms with Crippen LogP contribution in [0, 0.1) is 0 Å². The standard InChI is InChI=1S/C18H25N3O2S2/c1-12(20-7-4-15-13(10-20)5-8-24-15)9-19-17(23)14-11-25-18(2)6-3-16(22)21(14)18/h5,8,12,14H,3-4,6-7,9-11H2,1-2H3,(H,19,23)/t12-,14-,18-/m1/s1. The van der Waals surface area contributed by atoms with Crippen LogP contribution in [0.3, 0.4) is 0 Å². The molecule has 7 heteroatoms. The van der Waals surface area contributed by atoms with Gasteiger partial charge in [0.25, 0.3) is 0 Å². The molecule has 1 N–H and O–H groups in total. The Morgan fingerprint density at radius 1 is 1.48 bits per heavy atom. The summed E-state index contributed by atoms with van der Waals surface area (Å²) in [6.07, 6.45) is 2.53. The van der Waals surface area contributed by atoms with E-state index in [1.54, 1.807) is 11.8 Å². The summed E-state index contributed by atoms with van der Waals surface area (Å²) >= 11 is 3.59. The molecule has 0 aromatic carbocycles. The van der Waals surface area contributed by atoms with Gasteiger partial charge in [0.05, 0.1) is 4.87 Å². The normalized spacial score (nSPS) is 30.2. The van der Waals surface area contributed by atoms with Crippen LogP contribution in [0.25, 0.3) is 0 Å². The number of hydrogen-bond acceptors (Lipinski definition) is 5. The van der Waals surface area contributed by atoms with E-state index in [1.165, 1.54) is 10.4 Å². The predicted molar refractivity (Wildman–Crippen MR) is 102 cm³/mol. The molecule has 0 saturated carbocycles. The van der Waals surface area contributed by atoms with Crippen LogP contribution in [0.15, 0.2) is 11.4 Å². The Hall–Kier alpha value is -1.05. The van der Waals surface area contributed by atoms with Gasteiger partial charge >= 0.3 is 0 Å². The summed E-state index contributed by atoms with van der Waals surface area (Å²) in [4.78, 5) is 30.5. The predicted octanol–water partition coefficient (Wildman–Crippen LogP) is 2.06. The lowest BCUT2D eigenvalue weighted by Gasteiger charge is -2.33. The third-order valence-corrected chi connectivity index (χ3v) is 8.31. The molecular formula is C18H25N3O2S2. The molecule has 3 aliphatic rings. The molecular weight excluding hydrogens is 354 g/mol. The highest BCUT2D eigenvalue weighted by Crippen LogP contribution is 2.47. The Morgan fingerprint density at radius 2 is 2.32 bits per heavy atom. The van der Waals surface area contributed by atoms with Gasteiger partial charge in [0.15, 0.2) is 0 Å². The van der Waals surface area contributed by atoms with Gasteiger partial charge in [-0.05, 0) is 43.7 Å². The smallest absolute Gasteiger partial charge is 0.243 e. The third kappa shape index (κ3) is 3.11. The quantitative estimate of drug-likeness (QED) is 0.870. The molecule has 5 nitrogen and oxygen atoms in total. The highest BCUT2D eigenvalue weighted by molar-refractivity contribution is 8.01. The second-order valence-electron chi connectivity index (χ2n) is 7.45. The molecule has 1 aromatic rings. The molecule has 4 rings (SSSR count). The minimum Gasteiger partial charge on any atom is -0.353 e. The van der Waals surface area contributed by atoms with Gasteiger partial charge in [-0.2, -0.15) is 0 Å². The molecule has 0 radical (unpaired) electrons. The van der Waals surface area contributed by atoms with E-state index < -0.39 is 0 Å². The van der Waals surface area contributed by atoms with E-state index in [2.05, 4.69) is 35.5 Å². The maximum Gasteiger partial charge on any atom is 0.243 e. The largest absolute Gasteiger partial charge is 0.353 e. The van der Waals surface area contributed by atoms with Crippen molar-refractivity contribution in [2.75, 3.05) is 18.8 Å². The summed E-state index contributed by atoms with van der Waals surface area (Å²) in [6.45, 7) is 6.92. The molecule has 0 bridgehead atoms. The number of thiophene rings is 1. The SMILES string of the molecule is C[C@H](CNC(=O)[C@H]1CS[C@]2(C)CCC(=O)N12)N1CCc2sccc2C1. The van der Waals surface area contributed by atoms with E-state index in [9.17, 15) is 9.59 Å². The molecule has 136 valence electrons. The van der Waals surface area contributed by atoms with Crippen LogP contribution in [0.1, 0.15) is 37.1 Å². The summed E-state index contributed by atoms with van der Waals surface area (Å²) < 4.78 is 0. The maximum absolute atomic E-state index is 12.7. The monoisotopic (exact) mass is 379 g/mol. The lowest BCUT2D eigenvalue weighted by atomic mass is 10.1. The molecule has 0 unspecified atom stereocenters. The Kier molecular flexibility index (Phi) is 4.58. The van der Waals surface area contributed by atoms with E-state index >= 15 is 0 Å². The number of amides is 2. The first-order chi connectivity index (χ1) is 12.0. The Morgan fingerprint density at radius 3 is 3.16 bits per heavy atom. The fourth-order valence-corrected chi connectivity index (χ4v) is 6.48. The van der Waals surface area contributed by atoms with Crippen molar-refractivity contribution in [3.05, 3.63) is 21.9 Å². The minimum atomic E-state index is -0.304. The van der Waals surface area contributed by atoms with Gasteiger partial charge < -0.3 is 10.2 Å².